The summed E-state index contributed by atoms with van der Waals surface area (Å²) in [6, 6.07) is 33.4. The van der Waals surface area contributed by atoms with Crippen LogP contribution in [-0.4, -0.2) is 4.98 Å². The molecular weight excluding hydrogens is 314 g/mol. The summed E-state index contributed by atoms with van der Waals surface area (Å²) in [4.78, 5) is 4.92. The minimum atomic E-state index is 0.978. The van der Waals surface area contributed by atoms with Gasteiger partial charge in [-0.05, 0) is 34.9 Å². The molecule has 0 spiro atoms. The lowest BCUT2D eigenvalue weighted by atomic mass is 9.99. The number of hydrogen-bond acceptors (Lipinski definition) is 1. The highest BCUT2D eigenvalue weighted by Gasteiger charge is 2.08. The van der Waals surface area contributed by atoms with Gasteiger partial charge in [-0.25, -0.2) is 4.98 Å². The Hall–Kier alpha value is -3.45. The molecule has 0 bridgehead atoms. The first-order valence-electron chi connectivity index (χ1n) is 8.69. The maximum atomic E-state index is 4.92. The van der Waals surface area contributed by atoms with E-state index in [0.29, 0.717) is 0 Å². The van der Waals surface area contributed by atoms with E-state index in [2.05, 4.69) is 67.2 Å². The summed E-state index contributed by atoms with van der Waals surface area (Å²) < 4.78 is 0. The van der Waals surface area contributed by atoms with Crippen LogP contribution in [0.5, 0.6) is 0 Å². The van der Waals surface area contributed by atoms with Gasteiger partial charge < -0.3 is 0 Å². The molecule has 0 aliphatic heterocycles. The molecule has 0 saturated heterocycles. The van der Waals surface area contributed by atoms with Crippen LogP contribution in [-0.2, 0) is 0 Å². The maximum Gasteiger partial charge on any atom is 0.0715 e. The fourth-order valence-corrected chi connectivity index (χ4v) is 3.06. The zero-order valence-corrected chi connectivity index (χ0v) is 14.5. The van der Waals surface area contributed by atoms with Crippen LogP contribution in [0.2, 0.25) is 0 Å². The first kappa shape index (κ1) is 16.0. The van der Waals surface area contributed by atoms with Crippen molar-refractivity contribution in [1.82, 2.24) is 4.98 Å². The van der Waals surface area contributed by atoms with Gasteiger partial charge in [-0.1, -0.05) is 91.5 Å². The maximum absolute atomic E-state index is 4.92. The van der Waals surface area contributed by atoms with Gasteiger partial charge in [0.15, 0.2) is 0 Å². The summed E-state index contributed by atoms with van der Waals surface area (Å²) >= 11 is 0. The van der Waals surface area contributed by atoms with Crippen LogP contribution in [0.15, 0.2) is 104 Å². The van der Waals surface area contributed by atoms with E-state index < -0.39 is 0 Å². The van der Waals surface area contributed by atoms with Crippen LogP contribution in [0.25, 0.3) is 39.7 Å². The Bertz CT molecular complexity index is 976. The van der Waals surface area contributed by atoms with Crippen LogP contribution >= 0.6 is 0 Å². The first-order chi connectivity index (χ1) is 12.8. The van der Waals surface area contributed by atoms with Gasteiger partial charge in [0.1, 0.15) is 0 Å². The quantitative estimate of drug-likeness (QED) is 0.403. The van der Waals surface area contributed by atoms with Crippen molar-refractivity contribution >= 4 is 6.08 Å². The van der Waals surface area contributed by atoms with Crippen LogP contribution in [0.1, 0.15) is 5.56 Å². The van der Waals surface area contributed by atoms with Gasteiger partial charge >= 0.3 is 0 Å². The van der Waals surface area contributed by atoms with Crippen molar-refractivity contribution in [2.75, 3.05) is 0 Å². The molecule has 3 aromatic carbocycles. The molecule has 0 fully saturated rings. The zero-order chi connectivity index (χ0) is 17.8. The highest BCUT2D eigenvalue weighted by Crippen LogP contribution is 2.30. The predicted octanol–water partition coefficient (Wildman–Crippen LogP) is 6.73. The molecule has 4 rings (SSSR count). The van der Waals surface area contributed by atoms with Crippen molar-refractivity contribution < 1.29 is 0 Å². The minimum absolute atomic E-state index is 0.978. The van der Waals surface area contributed by atoms with E-state index in [1.807, 2.05) is 42.5 Å². The minimum Gasteiger partial charge on any atom is -0.248 e. The van der Waals surface area contributed by atoms with E-state index in [0.717, 1.165) is 33.6 Å². The third-order valence-corrected chi connectivity index (χ3v) is 4.42. The fourth-order valence-electron chi connectivity index (χ4n) is 3.06. The molecule has 0 amide bonds. The van der Waals surface area contributed by atoms with Gasteiger partial charge in [0.2, 0.25) is 0 Å². The van der Waals surface area contributed by atoms with Gasteiger partial charge in [0.25, 0.3) is 0 Å². The standard InChI is InChI=1S/C25H19N/c1-2-19-10-9-15-22(16-19)23-17-24(20-11-5-3-6-12-20)26-25(18-23)21-13-7-4-8-14-21/h2-18H,1H2. The molecule has 26 heavy (non-hydrogen) atoms. The van der Waals surface area contributed by atoms with Crippen LogP contribution in [0.3, 0.4) is 0 Å². The number of hydrogen-bond donors (Lipinski definition) is 0. The van der Waals surface area contributed by atoms with Crippen LogP contribution in [0, 0.1) is 0 Å². The third-order valence-electron chi connectivity index (χ3n) is 4.42. The predicted molar refractivity (Wildman–Crippen MR) is 111 cm³/mol. The lowest BCUT2D eigenvalue weighted by Gasteiger charge is -2.11. The smallest absolute Gasteiger partial charge is 0.0715 e. The number of nitrogens with zero attached hydrogens (tertiary/aromatic N) is 1. The summed E-state index contributed by atoms with van der Waals surface area (Å²) in [7, 11) is 0. The Morgan fingerprint density at radius 1 is 0.538 bits per heavy atom. The number of pyridine rings is 1. The number of aromatic nitrogens is 1. The molecule has 0 aliphatic carbocycles. The highest BCUT2D eigenvalue weighted by molar-refractivity contribution is 5.77. The molecule has 124 valence electrons. The normalized spacial score (nSPS) is 10.5. The lowest BCUT2D eigenvalue weighted by Crippen LogP contribution is -1.91. The number of rotatable bonds is 4. The van der Waals surface area contributed by atoms with Crippen molar-refractivity contribution in [2.45, 2.75) is 0 Å². The largest absolute Gasteiger partial charge is 0.248 e. The van der Waals surface area contributed by atoms with Crippen molar-refractivity contribution in [3.63, 3.8) is 0 Å². The van der Waals surface area contributed by atoms with E-state index in [9.17, 15) is 0 Å². The SMILES string of the molecule is C=Cc1cccc(-c2cc(-c3ccccc3)nc(-c3ccccc3)c2)c1. The van der Waals surface area contributed by atoms with E-state index in [1.54, 1.807) is 0 Å². The summed E-state index contributed by atoms with van der Waals surface area (Å²) in [5.41, 5.74) is 7.62. The second-order valence-electron chi connectivity index (χ2n) is 6.19. The summed E-state index contributed by atoms with van der Waals surface area (Å²) in [5, 5.41) is 0. The molecule has 4 aromatic rings. The molecule has 1 aromatic heterocycles. The second kappa shape index (κ2) is 7.20. The monoisotopic (exact) mass is 333 g/mol. The lowest BCUT2D eigenvalue weighted by molar-refractivity contribution is 1.32. The molecule has 1 heterocycles. The van der Waals surface area contributed by atoms with Gasteiger partial charge in [-0.2, -0.15) is 0 Å². The molecule has 0 N–H and O–H groups in total. The van der Waals surface area contributed by atoms with Crippen molar-refractivity contribution in [1.29, 1.82) is 0 Å². The molecule has 0 radical (unpaired) electrons. The van der Waals surface area contributed by atoms with Crippen molar-refractivity contribution in [2.24, 2.45) is 0 Å². The first-order valence-corrected chi connectivity index (χ1v) is 8.69. The van der Waals surface area contributed by atoms with Gasteiger partial charge in [-0.15, -0.1) is 0 Å². The van der Waals surface area contributed by atoms with Gasteiger partial charge in [-0.3, -0.25) is 0 Å². The Morgan fingerprint density at radius 2 is 1.08 bits per heavy atom. The van der Waals surface area contributed by atoms with E-state index >= 15 is 0 Å². The van der Waals surface area contributed by atoms with Gasteiger partial charge in [0, 0.05) is 11.1 Å². The Morgan fingerprint density at radius 3 is 1.62 bits per heavy atom. The molecule has 1 heteroatoms. The Labute approximate surface area is 154 Å². The molecule has 0 atom stereocenters. The zero-order valence-electron chi connectivity index (χ0n) is 14.5. The van der Waals surface area contributed by atoms with Gasteiger partial charge in [0.05, 0.1) is 11.4 Å². The molecule has 1 nitrogen and oxygen atoms in total. The summed E-state index contributed by atoms with van der Waals surface area (Å²) in [6.45, 7) is 3.88. The van der Waals surface area contributed by atoms with E-state index in [-0.39, 0.29) is 0 Å². The fraction of sp³-hybridized carbons (Fsp3) is 0. The van der Waals surface area contributed by atoms with E-state index in [1.165, 1.54) is 5.56 Å². The highest BCUT2D eigenvalue weighted by atomic mass is 14.7. The topological polar surface area (TPSA) is 12.9 Å². The van der Waals surface area contributed by atoms with Crippen molar-refractivity contribution in [3.8, 4) is 33.6 Å². The van der Waals surface area contributed by atoms with Crippen LogP contribution < -0.4 is 0 Å². The molecule has 0 unspecified atom stereocenters. The molecular formula is C25H19N. The average molecular weight is 333 g/mol. The van der Waals surface area contributed by atoms with Crippen LogP contribution in [0.4, 0.5) is 0 Å². The Balaban J connectivity index is 1.92. The second-order valence-corrected chi connectivity index (χ2v) is 6.19. The van der Waals surface area contributed by atoms with Crippen molar-refractivity contribution in [3.05, 3.63) is 109 Å². The summed E-state index contributed by atoms with van der Waals surface area (Å²) in [6.07, 6.45) is 1.88. The Kier molecular flexibility index (Phi) is 4.44. The summed E-state index contributed by atoms with van der Waals surface area (Å²) in [5.74, 6) is 0. The number of benzene rings is 3. The third kappa shape index (κ3) is 3.33. The average Bonchev–Trinajstić information content (AvgIpc) is 2.75. The van der Waals surface area contributed by atoms with E-state index in [4.69, 9.17) is 4.98 Å². The molecule has 0 aliphatic rings. The molecule has 0 saturated carbocycles.